The molecule has 0 amide bonds. The number of anilines is 1. The van der Waals surface area contributed by atoms with Gasteiger partial charge in [0.25, 0.3) is 0 Å². The Morgan fingerprint density at radius 2 is 1.85 bits per heavy atom. The van der Waals surface area contributed by atoms with E-state index in [1.54, 1.807) is 6.07 Å². The van der Waals surface area contributed by atoms with Gasteiger partial charge in [-0.1, -0.05) is 0 Å². The lowest BCUT2D eigenvalue weighted by Crippen LogP contribution is -2.49. The summed E-state index contributed by atoms with van der Waals surface area (Å²) in [6.07, 6.45) is 1.92. The number of carbonyl (C=O) groups is 1. The summed E-state index contributed by atoms with van der Waals surface area (Å²) in [5.74, 6) is -0.455. The molecule has 0 aromatic heterocycles. The third kappa shape index (κ3) is 4.14. The minimum absolute atomic E-state index is 0.137. The van der Waals surface area contributed by atoms with Gasteiger partial charge in [-0.25, -0.2) is 4.79 Å². The van der Waals surface area contributed by atoms with E-state index < -0.39 is 10.9 Å². The highest BCUT2D eigenvalue weighted by Gasteiger charge is 2.30. The number of carbonyl (C=O) groups excluding carboxylic acids is 1. The second-order valence-corrected chi connectivity index (χ2v) is 6.66. The van der Waals surface area contributed by atoms with Crippen LogP contribution in [0.5, 0.6) is 5.75 Å². The Balaban J connectivity index is 1.83. The van der Waals surface area contributed by atoms with Gasteiger partial charge < -0.3 is 19.1 Å². The number of hydrogen-bond donors (Lipinski definition) is 0. The molecule has 0 saturated carbocycles. The van der Waals surface area contributed by atoms with Crippen molar-refractivity contribution in [2.45, 2.75) is 18.9 Å². The average molecular weight is 379 g/mol. The van der Waals surface area contributed by atoms with Crippen LogP contribution in [0.4, 0.5) is 11.4 Å². The summed E-state index contributed by atoms with van der Waals surface area (Å²) in [5.41, 5.74) is 0.560. The van der Waals surface area contributed by atoms with Crippen molar-refractivity contribution < 1.29 is 23.9 Å². The number of methoxy groups -OCH3 is 2. The van der Waals surface area contributed by atoms with Crippen LogP contribution in [-0.2, 0) is 9.47 Å². The molecule has 9 nitrogen and oxygen atoms in total. The van der Waals surface area contributed by atoms with E-state index in [-0.39, 0.29) is 17.0 Å². The largest absolute Gasteiger partial charge is 0.490 e. The monoisotopic (exact) mass is 379 g/mol. The number of nitro benzene ring substituents is 1. The van der Waals surface area contributed by atoms with Crippen LogP contribution in [0.1, 0.15) is 23.2 Å². The van der Waals surface area contributed by atoms with Crippen LogP contribution in [-0.4, -0.2) is 75.4 Å². The van der Waals surface area contributed by atoms with E-state index in [1.807, 2.05) is 0 Å². The van der Waals surface area contributed by atoms with Crippen LogP contribution in [0, 0.1) is 10.1 Å². The molecule has 0 unspecified atom stereocenters. The van der Waals surface area contributed by atoms with Gasteiger partial charge in [-0.3, -0.25) is 15.0 Å². The Hall–Kier alpha value is -2.39. The van der Waals surface area contributed by atoms with E-state index in [9.17, 15) is 14.9 Å². The van der Waals surface area contributed by atoms with Crippen LogP contribution in [0.2, 0.25) is 0 Å². The second-order valence-electron chi connectivity index (χ2n) is 6.66. The first-order valence-corrected chi connectivity index (χ1v) is 9.06. The average Bonchev–Trinajstić information content (AvgIpc) is 2.72. The minimum Gasteiger partial charge on any atom is -0.490 e. The summed E-state index contributed by atoms with van der Waals surface area (Å²) in [4.78, 5) is 27.5. The fourth-order valence-electron chi connectivity index (χ4n) is 3.81. The van der Waals surface area contributed by atoms with Gasteiger partial charge in [0, 0.05) is 44.4 Å². The van der Waals surface area contributed by atoms with Gasteiger partial charge in [-0.2, -0.15) is 0 Å². The number of nitro groups is 1. The van der Waals surface area contributed by atoms with E-state index in [2.05, 4.69) is 9.80 Å². The van der Waals surface area contributed by atoms with Gasteiger partial charge in [-0.15, -0.1) is 0 Å². The van der Waals surface area contributed by atoms with E-state index in [0.29, 0.717) is 11.7 Å². The Morgan fingerprint density at radius 1 is 1.19 bits per heavy atom. The molecule has 2 aliphatic heterocycles. The molecule has 2 aliphatic rings. The molecule has 3 rings (SSSR count). The topological polar surface area (TPSA) is 94.4 Å². The van der Waals surface area contributed by atoms with E-state index in [4.69, 9.17) is 14.2 Å². The van der Waals surface area contributed by atoms with Crippen molar-refractivity contribution in [2.75, 3.05) is 58.5 Å². The number of morpholine rings is 1. The van der Waals surface area contributed by atoms with Crippen LogP contribution in [0.15, 0.2) is 12.1 Å². The highest BCUT2D eigenvalue weighted by molar-refractivity contribution is 5.97. The van der Waals surface area contributed by atoms with Crippen molar-refractivity contribution >= 4 is 17.3 Å². The van der Waals surface area contributed by atoms with Crippen LogP contribution in [0.25, 0.3) is 0 Å². The van der Waals surface area contributed by atoms with Crippen molar-refractivity contribution in [1.82, 2.24) is 4.90 Å². The summed E-state index contributed by atoms with van der Waals surface area (Å²) < 4.78 is 15.4. The van der Waals surface area contributed by atoms with Crippen molar-refractivity contribution in [3.05, 3.63) is 27.8 Å². The van der Waals surface area contributed by atoms with E-state index in [0.717, 1.165) is 52.2 Å². The molecule has 2 heterocycles. The van der Waals surface area contributed by atoms with Crippen LogP contribution in [0.3, 0.4) is 0 Å². The number of hydrogen-bond acceptors (Lipinski definition) is 8. The fourth-order valence-corrected chi connectivity index (χ4v) is 3.81. The Kier molecular flexibility index (Phi) is 6.12. The van der Waals surface area contributed by atoms with Crippen molar-refractivity contribution in [2.24, 2.45) is 0 Å². The van der Waals surface area contributed by atoms with Gasteiger partial charge in [0.05, 0.1) is 43.6 Å². The van der Waals surface area contributed by atoms with Crippen molar-refractivity contribution in [1.29, 1.82) is 0 Å². The highest BCUT2D eigenvalue weighted by Crippen LogP contribution is 2.36. The molecular weight excluding hydrogens is 354 g/mol. The number of rotatable bonds is 5. The van der Waals surface area contributed by atoms with Gasteiger partial charge in [0.1, 0.15) is 0 Å². The molecule has 0 atom stereocenters. The molecule has 9 heteroatoms. The molecule has 2 saturated heterocycles. The minimum atomic E-state index is -0.592. The maximum Gasteiger partial charge on any atom is 0.340 e. The molecule has 0 N–H and O–H groups in total. The molecule has 2 fully saturated rings. The molecule has 0 radical (unpaired) electrons. The fraction of sp³-hybridized carbons (Fsp3) is 0.611. The third-order valence-electron chi connectivity index (χ3n) is 5.27. The van der Waals surface area contributed by atoms with Crippen molar-refractivity contribution in [3.63, 3.8) is 0 Å². The lowest BCUT2D eigenvalue weighted by atomic mass is 10.0. The molecule has 0 aliphatic carbocycles. The molecule has 148 valence electrons. The summed E-state index contributed by atoms with van der Waals surface area (Å²) >= 11 is 0. The first-order chi connectivity index (χ1) is 13.0. The van der Waals surface area contributed by atoms with Gasteiger partial charge >= 0.3 is 11.7 Å². The summed E-state index contributed by atoms with van der Waals surface area (Å²) in [5, 5.41) is 11.3. The maximum atomic E-state index is 12.2. The predicted molar refractivity (Wildman–Crippen MR) is 98.6 cm³/mol. The number of benzene rings is 1. The third-order valence-corrected chi connectivity index (χ3v) is 5.27. The number of ether oxygens (including phenoxy) is 3. The molecule has 27 heavy (non-hydrogen) atoms. The Labute approximate surface area is 157 Å². The molecule has 0 bridgehead atoms. The first-order valence-electron chi connectivity index (χ1n) is 9.06. The smallest absolute Gasteiger partial charge is 0.340 e. The second kappa shape index (κ2) is 8.53. The van der Waals surface area contributed by atoms with Gasteiger partial charge in [0.15, 0.2) is 5.75 Å². The number of nitrogens with zero attached hydrogens (tertiary/aromatic N) is 3. The molecule has 1 aromatic rings. The Bertz CT molecular complexity index is 697. The normalized spacial score (nSPS) is 19.0. The zero-order chi connectivity index (χ0) is 19.4. The zero-order valence-corrected chi connectivity index (χ0v) is 15.7. The predicted octanol–water partition coefficient (Wildman–Crippen LogP) is 1.69. The maximum absolute atomic E-state index is 12.2. The van der Waals surface area contributed by atoms with Gasteiger partial charge in [-0.05, 0) is 12.8 Å². The molecule has 1 aromatic carbocycles. The molecular formula is C18H25N3O6. The quantitative estimate of drug-likeness (QED) is 0.433. The standard InChI is InChI=1S/C18H25N3O6/c1-25-17-12-15(14(18(22)26-2)11-16(17)21(23)24)20-5-3-13(4-6-20)19-7-9-27-10-8-19/h11-13H,3-10H2,1-2H3. The SMILES string of the molecule is COC(=O)c1cc([N+](=O)[O-])c(OC)cc1N1CCC(N2CCOCC2)CC1. The summed E-state index contributed by atoms with van der Waals surface area (Å²) in [6, 6.07) is 3.31. The van der Waals surface area contributed by atoms with Gasteiger partial charge in [0.2, 0.25) is 0 Å². The summed E-state index contributed by atoms with van der Waals surface area (Å²) in [6.45, 7) is 4.95. The van der Waals surface area contributed by atoms with E-state index in [1.165, 1.54) is 20.3 Å². The lowest BCUT2D eigenvalue weighted by molar-refractivity contribution is -0.385. The Morgan fingerprint density at radius 3 is 2.41 bits per heavy atom. The summed E-state index contributed by atoms with van der Waals surface area (Å²) in [7, 11) is 2.65. The number of esters is 1. The number of piperidine rings is 1. The van der Waals surface area contributed by atoms with Crippen LogP contribution >= 0.6 is 0 Å². The van der Waals surface area contributed by atoms with E-state index >= 15 is 0 Å². The zero-order valence-electron chi connectivity index (χ0n) is 15.7. The highest BCUT2D eigenvalue weighted by atomic mass is 16.6. The van der Waals surface area contributed by atoms with Crippen molar-refractivity contribution in [3.8, 4) is 5.75 Å². The first kappa shape index (κ1) is 19.4. The van der Waals surface area contributed by atoms with Crippen LogP contribution < -0.4 is 9.64 Å². The lowest BCUT2D eigenvalue weighted by Gasteiger charge is -2.41. The molecule has 0 spiro atoms.